The molecule has 0 aliphatic carbocycles. The lowest BCUT2D eigenvalue weighted by molar-refractivity contribution is -0.137. The minimum atomic E-state index is -4.45. The van der Waals surface area contributed by atoms with Gasteiger partial charge in [0.15, 0.2) is 5.96 Å². The minimum absolute atomic E-state index is 0.00737. The number of nitrogens with two attached hydrogens (primary N) is 1. The number of hydrogen-bond acceptors (Lipinski definition) is 4. The second kappa shape index (κ2) is 7.40. The molecule has 2 rings (SSSR count). The third kappa shape index (κ3) is 4.65. The van der Waals surface area contributed by atoms with Crippen LogP contribution >= 0.6 is 11.3 Å². The molecular formula is C14H16F3N5S. The number of benzene rings is 1. The van der Waals surface area contributed by atoms with Crippen LogP contribution in [0.15, 0.2) is 29.3 Å². The number of anilines is 1. The number of alkyl halides is 3. The first kappa shape index (κ1) is 17.2. The SMILES string of the molecule is CCCCN=C(N)Nc1nnc(-c2ccccc2C(F)(F)F)s1. The number of guanidine groups is 1. The maximum absolute atomic E-state index is 13.0. The van der Waals surface area contributed by atoms with Crippen molar-refractivity contribution in [1.82, 2.24) is 10.2 Å². The molecule has 0 atom stereocenters. The van der Waals surface area contributed by atoms with Gasteiger partial charge in [0.25, 0.3) is 0 Å². The predicted octanol–water partition coefficient (Wildman–Crippen LogP) is 3.75. The number of rotatable bonds is 5. The molecule has 2 aromatic rings. The van der Waals surface area contributed by atoms with Crippen LogP contribution in [0.3, 0.4) is 0 Å². The summed E-state index contributed by atoms with van der Waals surface area (Å²) in [4.78, 5) is 4.09. The van der Waals surface area contributed by atoms with Gasteiger partial charge in [0, 0.05) is 12.1 Å². The van der Waals surface area contributed by atoms with Crippen molar-refractivity contribution in [3.8, 4) is 10.6 Å². The number of halogens is 3. The first-order valence-electron chi connectivity index (χ1n) is 6.99. The molecule has 1 aromatic carbocycles. The zero-order chi connectivity index (χ0) is 16.9. The van der Waals surface area contributed by atoms with Gasteiger partial charge in [-0.25, -0.2) is 0 Å². The maximum Gasteiger partial charge on any atom is 0.417 e. The van der Waals surface area contributed by atoms with Gasteiger partial charge in [-0.3, -0.25) is 4.99 Å². The Kier molecular flexibility index (Phi) is 5.54. The summed E-state index contributed by atoms with van der Waals surface area (Å²) >= 11 is 0.990. The van der Waals surface area contributed by atoms with Crippen LogP contribution in [0.25, 0.3) is 10.6 Å². The van der Waals surface area contributed by atoms with E-state index >= 15 is 0 Å². The Morgan fingerprint density at radius 2 is 2.04 bits per heavy atom. The van der Waals surface area contributed by atoms with Crippen molar-refractivity contribution < 1.29 is 13.2 Å². The van der Waals surface area contributed by atoms with Crippen LogP contribution in [0.1, 0.15) is 25.3 Å². The number of aromatic nitrogens is 2. The van der Waals surface area contributed by atoms with Crippen molar-refractivity contribution in [3.63, 3.8) is 0 Å². The summed E-state index contributed by atoms with van der Waals surface area (Å²) in [7, 11) is 0. The molecule has 0 unspecified atom stereocenters. The normalized spacial score (nSPS) is 12.4. The zero-order valence-corrected chi connectivity index (χ0v) is 13.2. The summed E-state index contributed by atoms with van der Waals surface area (Å²) in [6, 6.07) is 5.25. The summed E-state index contributed by atoms with van der Waals surface area (Å²) in [6.45, 7) is 2.62. The average Bonchev–Trinajstić information content (AvgIpc) is 2.95. The molecule has 0 amide bonds. The van der Waals surface area contributed by atoms with E-state index in [4.69, 9.17) is 5.73 Å². The fourth-order valence-electron chi connectivity index (χ4n) is 1.81. The van der Waals surface area contributed by atoms with Gasteiger partial charge in [0.05, 0.1) is 5.56 Å². The fraction of sp³-hybridized carbons (Fsp3) is 0.357. The van der Waals surface area contributed by atoms with Crippen molar-refractivity contribution in [2.45, 2.75) is 25.9 Å². The van der Waals surface area contributed by atoms with Crippen molar-refractivity contribution in [2.75, 3.05) is 11.9 Å². The Labute approximate surface area is 135 Å². The van der Waals surface area contributed by atoms with Gasteiger partial charge in [0.2, 0.25) is 5.13 Å². The smallest absolute Gasteiger partial charge is 0.370 e. The third-order valence-corrected chi connectivity index (χ3v) is 3.79. The minimum Gasteiger partial charge on any atom is -0.370 e. The lowest BCUT2D eigenvalue weighted by atomic mass is 10.1. The molecule has 0 bridgehead atoms. The molecule has 0 aliphatic rings. The van der Waals surface area contributed by atoms with E-state index in [1.165, 1.54) is 18.2 Å². The topological polar surface area (TPSA) is 76.2 Å². The molecule has 23 heavy (non-hydrogen) atoms. The summed E-state index contributed by atoms with van der Waals surface area (Å²) in [5.41, 5.74) is 4.94. The van der Waals surface area contributed by atoms with Gasteiger partial charge in [-0.1, -0.05) is 42.9 Å². The molecule has 3 N–H and O–H groups in total. The fourth-order valence-corrected chi connectivity index (χ4v) is 2.60. The van der Waals surface area contributed by atoms with Crippen LogP contribution in [0.2, 0.25) is 0 Å². The van der Waals surface area contributed by atoms with E-state index in [9.17, 15) is 13.2 Å². The Morgan fingerprint density at radius 3 is 2.74 bits per heavy atom. The van der Waals surface area contributed by atoms with Gasteiger partial charge in [0.1, 0.15) is 5.01 Å². The first-order valence-corrected chi connectivity index (χ1v) is 7.80. The standard InChI is InChI=1S/C14H16F3N5S/c1-2-3-8-19-12(18)20-13-22-21-11(23-13)9-6-4-5-7-10(9)14(15,16)17/h4-7H,2-3,8H2,1H3,(H3,18,19,20,22). The Bertz CT molecular complexity index is 681. The van der Waals surface area contributed by atoms with Gasteiger partial charge < -0.3 is 11.1 Å². The molecule has 0 saturated carbocycles. The van der Waals surface area contributed by atoms with E-state index in [1.54, 1.807) is 0 Å². The van der Waals surface area contributed by atoms with Crippen LogP contribution in [0.5, 0.6) is 0 Å². The number of hydrogen-bond donors (Lipinski definition) is 2. The highest BCUT2D eigenvalue weighted by molar-refractivity contribution is 7.18. The number of aliphatic imine (C=N–C) groups is 1. The molecule has 1 aromatic heterocycles. The zero-order valence-electron chi connectivity index (χ0n) is 12.4. The quantitative estimate of drug-likeness (QED) is 0.492. The average molecular weight is 343 g/mol. The summed E-state index contributed by atoms with van der Waals surface area (Å²) in [5.74, 6) is 0.172. The highest BCUT2D eigenvalue weighted by atomic mass is 32.1. The second-order valence-electron chi connectivity index (χ2n) is 4.70. The van der Waals surface area contributed by atoms with Gasteiger partial charge in [-0.15, -0.1) is 10.2 Å². The molecule has 0 aliphatic heterocycles. The van der Waals surface area contributed by atoms with E-state index < -0.39 is 11.7 Å². The van der Waals surface area contributed by atoms with E-state index in [2.05, 4.69) is 20.5 Å². The van der Waals surface area contributed by atoms with E-state index in [0.717, 1.165) is 30.2 Å². The first-order chi connectivity index (χ1) is 10.9. The molecule has 0 spiro atoms. The summed E-state index contributed by atoms with van der Waals surface area (Å²) < 4.78 is 39.1. The number of unbranched alkanes of at least 4 members (excludes halogenated alkanes) is 1. The monoisotopic (exact) mass is 343 g/mol. The summed E-state index contributed by atoms with van der Waals surface area (Å²) in [5, 5.41) is 10.8. The maximum atomic E-state index is 13.0. The molecule has 0 saturated heterocycles. The largest absolute Gasteiger partial charge is 0.417 e. The second-order valence-corrected chi connectivity index (χ2v) is 5.68. The lowest BCUT2D eigenvalue weighted by Gasteiger charge is -2.09. The van der Waals surface area contributed by atoms with Crippen LogP contribution in [0.4, 0.5) is 18.3 Å². The van der Waals surface area contributed by atoms with Gasteiger partial charge >= 0.3 is 6.18 Å². The van der Waals surface area contributed by atoms with Crippen LogP contribution in [-0.4, -0.2) is 22.7 Å². The lowest BCUT2D eigenvalue weighted by Crippen LogP contribution is -2.22. The van der Waals surface area contributed by atoms with Crippen molar-refractivity contribution in [2.24, 2.45) is 10.7 Å². The van der Waals surface area contributed by atoms with Crippen LogP contribution in [-0.2, 0) is 6.18 Å². The molecule has 5 nitrogen and oxygen atoms in total. The Hall–Kier alpha value is -2.16. The van der Waals surface area contributed by atoms with E-state index in [1.807, 2.05) is 6.92 Å². The number of nitrogens with zero attached hydrogens (tertiary/aromatic N) is 3. The van der Waals surface area contributed by atoms with Crippen LogP contribution < -0.4 is 11.1 Å². The highest BCUT2D eigenvalue weighted by Crippen LogP contribution is 2.38. The molecule has 1 heterocycles. The van der Waals surface area contributed by atoms with Crippen molar-refractivity contribution >= 4 is 22.4 Å². The molecule has 124 valence electrons. The van der Waals surface area contributed by atoms with Gasteiger partial charge in [-0.05, 0) is 12.5 Å². The highest BCUT2D eigenvalue weighted by Gasteiger charge is 2.34. The van der Waals surface area contributed by atoms with Crippen molar-refractivity contribution in [3.05, 3.63) is 29.8 Å². The van der Waals surface area contributed by atoms with Gasteiger partial charge in [-0.2, -0.15) is 13.2 Å². The predicted molar refractivity (Wildman–Crippen MR) is 85.4 cm³/mol. The third-order valence-electron chi connectivity index (χ3n) is 2.92. The summed E-state index contributed by atoms with van der Waals surface area (Å²) in [6.07, 6.45) is -2.55. The number of nitrogens with one attached hydrogen (secondary N) is 1. The van der Waals surface area contributed by atoms with E-state index in [-0.39, 0.29) is 16.5 Å². The molecule has 0 radical (unpaired) electrons. The molecule has 0 fully saturated rings. The molecule has 9 heteroatoms. The Balaban J connectivity index is 2.19. The Morgan fingerprint density at radius 1 is 1.30 bits per heavy atom. The van der Waals surface area contributed by atoms with Crippen molar-refractivity contribution in [1.29, 1.82) is 0 Å². The molecular weight excluding hydrogens is 327 g/mol. The van der Waals surface area contributed by atoms with E-state index in [0.29, 0.717) is 11.7 Å². The van der Waals surface area contributed by atoms with Crippen LogP contribution in [0, 0.1) is 0 Å².